The van der Waals surface area contributed by atoms with Crippen molar-refractivity contribution in [2.45, 2.75) is 0 Å². The van der Waals surface area contributed by atoms with Crippen LogP contribution < -0.4 is 0 Å². The normalized spacial score (nSPS) is 11.8. The number of benzene rings is 7. The van der Waals surface area contributed by atoms with E-state index in [1.807, 2.05) is 0 Å². The highest BCUT2D eigenvalue weighted by molar-refractivity contribution is 6.12. The zero-order valence-electron chi connectivity index (χ0n) is 23.8. The SMILES string of the molecule is Cn1c2ccccc2c2cc(-c3ccc4c(c3)c3ccccc3n4-c3ccccc3-c3ccc4ccccc4c3)ccc21. The summed E-state index contributed by atoms with van der Waals surface area (Å²) in [6.45, 7) is 0. The highest BCUT2D eigenvalue weighted by Crippen LogP contribution is 2.39. The van der Waals surface area contributed by atoms with Crippen molar-refractivity contribution < 1.29 is 0 Å². The third-order valence-corrected chi connectivity index (χ3v) is 9.12. The molecule has 2 heteroatoms. The van der Waals surface area contributed by atoms with Gasteiger partial charge in [-0.05, 0) is 76.0 Å². The summed E-state index contributed by atoms with van der Waals surface area (Å²) in [6.07, 6.45) is 0. The van der Waals surface area contributed by atoms with E-state index in [1.54, 1.807) is 0 Å². The molecule has 0 amide bonds. The van der Waals surface area contributed by atoms with Crippen molar-refractivity contribution in [3.05, 3.63) is 152 Å². The van der Waals surface area contributed by atoms with Crippen LogP contribution >= 0.6 is 0 Å². The van der Waals surface area contributed by atoms with Gasteiger partial charge in [-0.25, -0.2) is 0 Å². The maximum atomic E-state index is 2.44. The quantitative estimate of drug-likeness (QED) is 0.208. The van der Waals surface area contributed by atoms with Crippen LogP contribution in [-0.4, -0.2) is 9.13 Å². The summed E-state index contributed by atoms with van der Waals surface area (Å²) in [5, 5.41) is 7.63. The highest BCUT2D eigenvalue weighted by atomic mass is 15.0. The second kappa shape index (κ2) is 9.20. The van der Waals surface area contributed by atoms with E-state index in [4.69, 9.17) is 0 Å². The van der Waals surface area contributed by atoms with Crippen molar-refractivity contribution in [3.8, 4) is 27.9 Å². The maximum Gasteiger partial charge on any atom is 0.0541 e. The van der Waals surface area contributed by atoms with Crippen molar-refractivity contribution in [1.29, 1.82) is 0 Å². The number of fused-ring (bicyclic) bond motifs is 7. The Morgan fingerprint density at radius 3 is 1.72 bits per heavy atom. The lowest BCUT2D eigenvalue weighted by Crippen LogP contribution is -1.97. The first-order valence-corrected chi connectivity index (χ1v) is 14.8. The fraction of sp³-hybridized carbons (Fsp3) is 0.0244. The average molecular weight is 549 g/mol. The molecule has 0 radical (unpaired) electrons. The van der Waals surface area contributed by atoms with Gasteiger partial charge in [0.2, 0.25) is 0 Å². The molecular formula is C41H28N2. The predicted molar refractivity (Wildman–Crippen MR) is 183 cm³/mol. The molecule has 9 rings (SSSR count). The van der Waals surface area contributed by atoms with E-state index < -0.39 is 0 Å². The highest BCUT2D eigenvalue weighted by Gasteiger charge is 2.17. The van der Waals surface area contributed by atoms with Crippen molar-refractivity contribution >= 4 is 54.4 Å². The molecule has 0 aliphatic carbocycles. The van der Waals surface area contributed by atoms with Crippen molar-refractivity contribution in [2.75, 3.05) is 0 Å². The Morgan fingerprint density at radius 1 is 0.372 bits per heavy atom. The largest absolute Gasteiger partial charge is 0.344 e. The fourth-order valence-electron chi connectivity index (χ4n) is 7.03. The summed E-state index contributed by atoms with van der Waals surface area (Å²) in [4.78, 5) is 0. The van der Waals surface area contributed by atoms with Crippen molar-refractivity contribution in [1.82, 2.24) is 9.13 Å². The summed E-state index contributed by atoms with van der Waals surface area (Å²) >= 11 is 0. The van der Waals surface area contributed by atoms with Gasteiger partial charge in [0.1, 0.15) is 0 Å². The molecule has 2 aromatic heterocycles. The van der Waals surface area contributed by atoms with Crippen LogP contribution in [0.1, 0.15) is 0 Å². The van der Waals surface area contributed by atoms with Crippen LogP contribution in [0.5, 0.6) is 0 Å². The van der Waals surface area contributed by atoms with E-state index in [0.29, 0.717) is 0 Å². The molecule has 0 saturated heterocycles. The second-order valence-electron chi connectivity index (χ2n) is 11.5. The van der Waals surface area contributed by atoms with Gasteiger partial charge in [-0.3, -0.25) is 0 Å². The Labute approximate surface area is 249 Å². The van der Waals surface area contributed by atoms with Crippen molar-refractivity contribution in [3.63, 3.8) is 0 Å². The van der Waals surface area contributed by atoms with Crippen LogP contribution in [-0.2, 0) is 7.05 Å². The Hall–Kier alpha value is -5.60. The molecule has 43 heavy (non-hydrogen) atoms. The number of hydrogen-bond acceptors (Lipinski definition) is 0. The Balaban J connectivity index is 1.26. The molecule has 9 aromatic rings. The molecule has 0 N–H and O–H groups in total. The smallest absolute Gasteiger partial charge is 0.0541 e. The van der Waals surface area contributed by atoms with Crippen molar-refractivity contribution in [2.24, 2.45) is 7.05 Å². The number of aromatic nitrogens is 2. The van der Waals surface area contributed by atoms with Crippen LogP contribution in [0.15, 0.2) is 152 Å². The van der Waals surface area contributed by atoms with Gasteiger partial charge in [0.05, 0.1) is 16.7 Å². The van der Waals surface area contributed by atoms with Gasteiger partial charge in [-0.1, -0.05) is 103 Å². The van der Waals surface area contributed by atoms with Crippen LogP contribution in [0.4, 0.5) is 0 Å². The molecule has 0 saturated carbocycles. The molecule has 0 aliphatic rings. The standard InChI is InChI=1S/C41H28N2/c1-42-37-15-7-5-13-33(37)35-25-29(20-22-38(35)42)30-21-23-41-36(26-30)34-14-6-9-17-40(34)43(41)39-16-8-4-12-32(39)31-19-18-27-10-2-3-11-28(27)24-31/h2-26H,1H3. The monoisotopic (exact) mass is 548 g/mol. The van der Waals surface area contributed by atoms with Gasteiger partial charge >= 0.3 is 0 Å². The summed E-state index contributed by atoms with van der Waals surface area (Å²) in [6, 6.07) is 55.4. The topological polar surface area (TPSA) is 9.86 Å². The lowest BCUT2D eigenvalue weighted by atomic mass is 9.99. The van der Waals surface area contributed by atoms with Gasteiger partial charge in [0, 0.05) is 45.2 Å². The van der Waals surface area contributed by atoms with E-state index in [1.165, 1.54) is 82.3 Å². The third kappa shape index (κ3) is 3.60. The Morgan fingerprint density at radius 2 is 0.907 bits per heavy atom. The minimum Gasteiger partial charge on any atom is -0.344 e. The molecule has 0 aliphatic heterocycles. The first kappa shape index (κ1) is 24.0. The molecular weight excluding hydrogens is 520 g/mol. The van der Waals surface area contributed by atoms with Gasteiger partial charge < -0.3 is 9.13 Å². The van der Waals surface area contributed by atoms with Crippen LogP contribution in [0.25, 0.3) is 82.3 Å². The molecule has 0 unspecified atom stereocenters. The summed E-state index contributed by atoms with van der Waals surface area (Å²) in [5.74, 6) is 0. The van der Waals surface area contributed by atoms with E-state index in [2.05, 4.69) is 168 Å². The van der Waals surface area contributed by atoms with Gasteiger partial charge in [-0.15, -0.1) is 0 Å². The summed E-state index contributed by atoms with van der Waals surface area (Å²) < 4.78 is 4.73. The molecule has 0 fully saturated rings. The van der Waals surface area contributed by atoms with Gasteiger partial charge in [-0.2, -0.15) is 0 Å². The van der Waals surface area contributed by atoms with Gasteiger partial charge in [0.15, 0.2) is 0 Å². The number of aryl methyl sites for hydroxylation is 1. The zero-order valence-corrected chi connectivity index (χ0v) is 23.8. The number of nitrogens with zero attached hydrogens (tertiary/aromatic N) is 2. The van der Waals surface area contributed by atoms with Crippen LogP contribution in [0.2, 0.25) is 0 Å². The zero-order chi connectivity index (χ0) is 28.5. The Bertz CT molecular complexity index is 2520. The molecule has 0 spiro atoms. The maximum absolute atomic E-state index is 2.44. The molecule has 0 atom stereocenters. The first-order chi connectivity index (χ1) is 21.2. The molecule has 2 heterocycles. The lowest BCUT2D eigenvalue weighted by Gasteiger charge is -2.14. The van der Waals surface area contributed by atoms with E-state index in [0.717, 1.165) is 0 Å². The fourth-order valence-corrected chi connectivity index (χ4v) is 7.03. The number of para-hydroxylation sites is 3. The summed E-state index contributed by atoms with van der Waals surface area (Å²) in [5.41, 5.74) is 11.0. The molecule has 7 aromatic carbocycles. The van der Waals surface area contributed by atoms with Crippen LogP contribution in [0.3, 0.4) is 0 Å². The molecule has 202 valence electrons. The third-order valence-electron chi connectivity index (χ3n) is 9.12. The summed E-state index contributed by atoms with van der Waals surface area (Å²) in [7, 11) is 2.15. The Kier molecular flexibility index (Phi) is 5.15. The second-order valence-corrected chi connectivity index (χ2v) is 11.5. The van der Waals surface area contributed by atoms with E-state index >= 15 is 0 Å². The predicted octanol–water partition coefficient (Wildman–Crippen LogP) is 10.9. The molecule has 0 bridgehead atoms. The number of hydrogen-bond donors (Lipinski definition) is 0. The first-order valence-electron chi connectivity index (χ1n) is 14.8. The van der Waals surface area contributed by atoms with Gasteiger partial charge in [0.25, 0.3) is 0 Å². The minimum absolute atomic E-state index is 1.19. The number of rotatable bonds is 3. The van der Waals surface area contributed by atoms with E-state index in [9.17, 15) is 0 Å². The lowest BCUT2D eigenvalue weighted by molar-refractivity contribution is 1.01. The average Bonchev–Trinajstić information content (AvgIpc) is 3.55. The van der Waals surface area contributed by atoms with Crippen LogP contribution in [0, 0.1) is 0 Å². The molecule has 2 nitrogen and oxygen atoms in total. The minimum atomic E-state index is 1.19. The van der Waals surface area contributed by atoms with E-state index in [-0.39, 0.29) is 0 Å².